The number of phenols is 2. The van der Waals surface area contributed by atoms with Crippen molar-refractivity contribution in [2.24, 2.45) is 11.7 Å². The molecule has 0 heterocycles. The van der Waals surface area contributed by atoms with Gasteiger partial charge in [-0.3, -0.25) is 14.4 Å². The molecule has 8 N–H and O–H groups in total. The number of nitrogens with two attached hydrogens (primary N) is 1. The van der Waals surface area contributed by atoms with E-state index >= 15 is 0 Å². The third-order valence-corrected chi connectivity index (χ3v) is 5.69. The maximum absolute atomic E-state index is 13.1. The number of carbonyl (C=O) groups excluding carboxylic acids is 3. The van der Waals surface area contributed by atoms with Crippen molar-refractivity contribution in [2.75, 3.05) is 27.9 Å². The lowest BCUT2D eigenvalue weighted by Gasteiger charge is -2.30. The first-order valence-electron chi connectivity index (χ1n) is 11.4. The molecule has 0 aromatic heterocycles. The summed E-state index contributed by atoms with van der Waals surface area (Å²) in [5, 5.41) is 52.8. The molecule has 2 aliphatic carbocycles. The number of rotatable bonds is 3. The van der Waals surface area contributed by atoms with E-state index in [1.54, 1.807) is 12.1 Å². The predicted molar refractivity (Wildman–Crippen MR) is 138 cm³/mol. The fourth-order valence-corrected chi connectivity index (χ4v) is 4.23. The van der Waals surface area contributed by atoms with Gasteiger partial charge in [0.25, 0.3) is 0 Å². The van der Waals surface area contributed by atoms with Gasteiger partial charge in [-0.1, -0.05) is 26.0 Å². The first-order valence-corrected chi connectivity index (χ1v) is 11.4. The number of aliphatic hydroxyl groups is 3. The molecule has 1 unspecified atom stereocenters. The molecule has 0 saturated carbocycles. The summed E-state index contributed by atoms with van der Waals surface area (Å²) in [5.41, 5.74) is 4.86. The van der Waals surface area contributed by atoms with Crippen LogP contribution in [0.1, 0.15) is 63.2 Å². The highest BCUT2D eigenvalue weighted by Crippen LogP contribution is 2.47. The number of amides is 1. The zero-order valence-electron chi connectivity index (χ0n) is 21.7. The van der Waals surface area contributed by atoms with Crippen LogP contribution in [-0.2, 0) is 17.6 Å². The third-order valence-electron chi connectivity index (χ3n) is 5.69. The zero-order chi connectivity index (χ0) is 28.9. The SMILES string of the molecule is CC.CO.CO.COc1cccc2c1C(=O)c1c(O)c3c(c(O)c1C2=O)CC(C(=N)CO)CC3.NC=O. The third kappa shape index (κ3) is 6.50. The fraction of sp³-hybridized carbons (Fsp3) is 0.385. The Hall–Kier alpha value is -3.80. The first kappa shape index (κ1) is 33.2. The molecule has 1 amide bonds. The molecule has 11 nitrogen and oxygen atoms in total. The van der Waals surface area contributed by atoms with Crippen molar-refractivity contribution < 1.29 is 44.7 Å². The van der Waals surface area contributed by atoms with Crippen LogP contribution in [-0.4, -0.2) is 77.2 Å². The van der Waals surface area contributed by atoms with E-state index in [-0.39, 0.29) is 70.6 Å². The highest BCUT2D eigenvalue weighted by Gasteiger charge is 2.40. The molecular formula is C26H36N2O9. The molecule has 2 aromatic rings. The van der Waals surface area contributed by atoms with Crippen molar-refractivity contribution >= 4 is 23.7 Å². The molecule has 4 rings (SSSR count). The minimum Gasteiger partial charge on any atom is -0.507 e. The first-order chi connectivity index (χ1) is 17.8. The molecule has 0 aliphatic heterocycles. The molecule has 1 atom stereocenters. The average Bonchev–Trinajstić information content (AvgIpc) is 2.96. The molecule has 37 heavy (non-hydrogen) atoms. The number of fused-ring (bicyclic) bond motifs is 3. The molecule has 0 bridgehead atoms. The van der Waals surface area contributed by atoms with Crippen LogP contribution in [0, 0.1) is 11.3 Å². The lowest BCUT2D eigenvalue weighted by molar-refractivity contribution is -0.106. The van der Waals surface area contributed by atoms with Gasteiger partial charge in [0.15, 0.2) is 5.78 Å². The minimum absolute atomic E-state index is 0.0768. The van der Waals surface area contributed by atoms with Crippen LogP contribution in [0.4, 0.5) is 0 Å². The maximum atomic E-state index is 13.1. The summed E-state index contributed by atoms with van der Waals surface area (Å²) in [7, 11) is 3.39. The Bertz CT molecular complexity index is 1110. The van der Waals surface area contributed by atoms with E-state index in [1.807, 2.05) is 13.8 Å². The zero-order valence-corrected chi connectivity index (χ0v) is 21.7. The number of hydrogen-bond acceptors (Lipinski definition) is 10. The van der Waals surface area contributed by atoms with Crippen molar-refractivity contribution in [3.8, 4) is 17.2 Å². The summed E-state index contributed by atoms with van der Waals surface area (Å²) in [6.45, 7) is 3.61. The number of aromatic hydroxyl groups is 2. The smallest absolute Gasteiger partial charge is 0.204 e. The van der Waals surface area contributed by atoms with Gasteiger partial charge in [0.05, 0.1) is 30.4 Å². The quantitative estimate of drug-likeness (QED) is 0.151. The Morgan fingerprint density at radius 1 is 1.03 bits per heavy atom. The van der Waals surface area contributed by atoms with Crippen LogP contribution in [0.25, 0.3) is 0 Å². The van der Waals surface area contributed by atoms with Crippen LogP contribution in [0.3, 0.4) is 0 Å². The van der Waals surface area contributed by atoms with E-state index in [9.17, 15) is 24.9 Å². The number of phenolic OH excluding ortho intramolecular Hbond substituents is 2. The summed E-state index contributed by atoms with van der Waals surface area (Å²) in [6.07, 6.45) is 1.30. The molecule has 11 heteroatoms. The van der Waals surface area contributed by atoms with Gasteiger partial charge in [0.1, 0.15) is 17.2 Å². The number of primary amides is 1. The summed E-state index contributed by atoms with van der Waals surface area (Å²) in [6, 6.07) is 4.64. The highest BCUT2D eigenvalue weighted by molar-refractivity contribution is 6.31. The predicted octanol–water partition coefficient (Wildman–Crippen LogP) is 1.34. The number of hydrogen-bond donors (Lipinski definition) is 7. The van der Waals surface area contributed by atoms with E-state index < -0.39 is 11.6 Å². The van der Waals surface area contributed by atoms with Crippen molar-refractivity contribution in [1.29, 1.82) is 5.41 Å². The van der Waals surface area contributed by atoms with Gasteiger partial charge in [-0.15, -0.1) is 0 Å². The number of carbonyl (C=O) groups is 3. The lowest BCUT2D eigenvalue weighted by atomic mass is 9.74. The van der Waals surface area contributed by atoms with E-state index in [0.29, 0.717) is 24.0 Å². The minimum atomic E-state index is -0.567. The largest absolute Gasteiger partial charge is 0.507 e. The summed E-state index contributed by atoms with van der Waals surface area (Å²) < 4.78 is 5.22. The van der Waals surface area contributed by atoms with Crippen molar-refractivity contribution in [3.63, 3.8) is 0 Å². The van der Waals surface area contributed by atoms with Gasteiger partial charge in [-0.2, -0.15) is 0 Å². The Kier molecular flexibility index (Phi) is 14.4. The molecule has 2 aromatic carbocycles. The number of ether oxygens (including phenoxy) is 1. The second-order valence-corrected chi connectivity index (χ2v) is 7.20. The van der Waals surface area contributed by atoms with Crippen LogP contribution >= 0.6 is 0 Å². The monoisotopic (exact) mass is 520 g/mol. The van der Waals surface area contributed by atoms with Crippen LogP contribution in [0.5, 0.6) is 17.2 Å². The van der Waals surface area contributed by atoms with Gasteiger partial charge in [0.2, 0.25) is 12.2 Å². The van der Waals surface area contributed by atoms with Gasteiger partial charge in [0, 0.05) is 42.5 Å². The normalized spacial score (nSPS) is 14.1. The number of aliphatic hydroxyl groups excluding tert-OH is 3. The van der Waals surface area contributed by atoms with Crippen molar-refractivity contribution in [1.82, 2.24) is 0 Å². The van der Waals surface area contributed by atoms with Crippen LogP contribution in [0.15, 0.2) is 18.2 Å². The van der Waals surface area contributed by atoms with Crippen molar-refractivity contribution in [2.45, 2.75) is 33.1 Å². The van der Waals surface area contributed by atoms with Gasteiger partial charge in [-0.05, 0) is 25.3 Å². The van der Waals surface area contributed by atoms with Crippen LogP contribution in [0.2, 0.25) is 0 Å². The Labute approximate surface area is 215 Å². The molecule has 204 valence electrons. The van der Waals surface area contributed by atoms with E-state index in [4.69, 9.17) is 25.2 Å². The van der Waals surface area contributed by atoms with Gasteiger partial charge in [-0.25, -0.2) is 0 Å². The van der Waals surface area contributed by atoms with Crippen molar-refractivity contribution in [3.05, 3.63) is 51.6 Å². The molecular weight excluding hydrogens is 484 g/mol. The van der Waals surface area contributed by atoms with Gasteiger partial charge < -0.3 is 41.4 Å². The van der Waals surface area contributed by atoms with E-state index in [1.165, 1.54) is 13.2 Å². The van der Waals surface area contributed by atoms with Gasteiger partial charge >= 0.3 is 0 Å². The number of benzene rings is 2. The Morgan fingerprint density at radius 3 is 2.05 bits per heavy atom. The number of ketones is 2. The second kappa shape index (κ2) is 16.0. The lowest BCUT2D eigenvalue weighted by Crippen LogP contribution is -2.27. The standard InChI is InChI=1S/C21H19NO6.C2H6.CH3NO.2CH4O/c1-28-14-4-2-3-11-15(14)21(27)17-16(19(11)25)20(26)12-7-9(13(22)8-23)5-6-10(12)18(17)24;1-2;2-1-3;2*1-2/h2-4,9,22-24,26H,5-8H2,1H3;1-2H3;1H,(H2,2,3);2*2H,1H3. The average molecular weight is 521 g/mol. The molecule has 0 spiro atoms. The number of methoxy groups -OCH3 is 1. The van der Waals surface area contributed by atoms with E-state index in [2.05, 4.69) is 5.73 Å². The molecule has 2 aliphatic rings. The highest BCUT2D eigenvalue weighted by atomic mass is 16.5. The Morgan fingerprint density at radius 2 is 1.54 bits per heavy atom. The molecule has 0 fully saturated rings. The topological polar surface area (TPSA) is 211 Å². The fourth-order valence-electron chi connectivity index (χ4n) is 4.23. The summed E-state index contributed by atoms with van der Waals surface area (Å²) in [4.78, 5) is 34.8. The molecule has 0 saturated heterocycles. The van der Waals surface area contributed by atoms with Crippen LogP contribution < -0.4 is 10.5 Å². The maximum Gasteiger partial charge on any atom is 0.204 e. The second-order valence-electron chi connectivity index (χ2n) is 7.20. The van der Waals surface area contributed by atoms with E-state index in [0.717, 1.165) is 14.2 Å². The molecule has 0 radical (unpaired) electrons. The number of nitrogens with one attached hydrogen (secondary N) is 1. The summed E-state index contributed by atoms with van der Waals surface area (Å²) >= 11 is 0. The Balaban J connectivity index is 0.00000129. The summed E-state index contributed by atoms with van der Waals surface area (Å²) in [5.74, 6) is -1.81.